The summed E-state index contributed by atoms with van der Waals surface area (Å²) in [6.45, 7) is 2.55. The minimum Gasteiger partial charge on any atom is -0.305 e. The Labute approximate surface area is 133 Å². The maximum absolute atomic E-state index is 13.2. The number of hydrogen-bond acceptors (Lipinski definition) is 2. The molecule has 0 radical (unpaired) electrons. The molecule has 0 unspecified atom stereocenters. The van der Waals surface area contributed by atoms with Crippen molar-refractivity contribution in [2.45, 2.75) is 13.5 Å². The second kappa shape index (κ2) is 6.44. The second-order valence-electron chi connectivity index (χ2n) is 5.28. The van der Waals surface area contributed by atoms with Crippen molar-refractivity contribution in [2.24, 2.45) is 0 Å². The van der Waals surface area contributed by atoms with Crippen LogP contribution in [0.3, 0.4) is 0 Å². The predicted molar refractivity (Wildman–Crippen MR) is 86.9 cm³/mol. The Balaban J connectivity index is 1.74. The van der Waals surface area contributed by atoms with Crippen LogP contribution in [-0.2, 0) is 6.54 Å². The molecule has 1 aromatic heterocycles. The maximum atomic E-state index is 13.2. The highest BCUT2D eigenvalue weighted by atomic mass is 19.1. The molecule has 0 saturated heterocycles. The van der Waals surface area contributed by atoms with Crippen LogP contribution in [0, 0.1) is 12.7 Å². The molecule has 3 aromatic rings. The van der Waals surface area contributed by atoms with E-state index in [2.05, 4.69) is 10.4 Å². The van der Waals surface area contributed by atoms with Crippen LogP contribution >= 0.6 is 0 Å². The molecule has 0 aliphatic rings. The van der Waals surface area contributed by atoms with Crippen LogP contribution < -0.4 is 5.32 Å². The average Bonchev–Trinajstić information content (AvgIpc) is 2.88. The van der Waals surface area contributed by atoms with E-state index in [1.807, 2.05) is 41.9 Å². The van der Waals surface area contributed by atoms with E-state index in [1.165, 1.54) is 18.2 Å². The third kappa shape index (κ3) is 3.63. The molecular formula is C18H16FN3O. The highest BCUT2D eigenvalue weighted by Crippen LogP contribution is 2.13. The van der Waals surface area contributed by atoms with Crippen LogP contribution in [0.25, 0.3) is 0 Å². The number of anilines is 1. The molecule has 0 bridgehead atoms. The van der Waals surface area contributed by atoms with Crippen molar-refractivity contribution < 1.29 is 9.18 Å². The SMILES string of the molecule is Cc1cc(NC(=O)c2cccc(F)c2)nn1Cc1ccccc1. The Bertz CT molecular complexity index is 827. The average molecular weight is 309 g/mol. The summed E-state index contributed by atoms with van der Waals surface area (Å²) in [4.78, 5) is 12.1. The van der Waals surface area contributed by atoms with Crippen molar-refractivity contribution in [2.75, 3.05) is 5.32 Å². The molecule has 2 aromatic carbocycles. The standard InChI is InChI=1S/C18H16FN3O/c1-13-10-17(20-18(23)15-8-5-9-16(19)11-15)21-22(13)12-14-6-3-2-4-7-14/h2-11H,12H2,1H3,(H,20,21,23). The molecule has 1 heterocycles. The summed E-state index contributed by atoms with van der Waals surface area (Å²) in [5, 5.41) is 7.08. The van der Waals surface area contributed by atoms with Crippen LogP contribution in [0.4, 0.5) is 10.2 Å². The first-order valence-corrected chi connectivity index (χ1v) is 7.27. The molecule has 0 saturated carbocycles. The number of halogens is 1. The van der Waals surface area contributed by atoms with Gasteiger partial charge in [0.25, 0.3) is 5.91 Å². The van der Waals surface area contributed by atoms with E-state index < -0.39 is 5.82 Å². The number of nitrogens with zero attached hydrogens (tertiary/aromatic N) is 2. The largest absolute Gasteiger partial charge is 0.305 e. The van der Waals surface area contributed by atoms with Gasteiger partial charge in [0.15, 0.2) is 5.82 Å². The first kappa shape index (κ1) is 15.0. The normalized spacial score (nSPS) is 10.5. The van der Waals surface area contributed by atoms with Crippen molar-refractivity contribution in [3.05, 3.63) is 83.3 Å². The summed E-state index contributed by atoms with van der Waals surface area (Å²) < 4.78 is 15.0. The van der Waals surface area contributed by atoms with Crippen molar-refractivity contribution in [3.63, 3.8) is 0 Å². The van der Waals surface area contributed by atoms with Gasteiger partial charge >= 0.3 is 0 Å². The lowest BCUT2D eigenvalue weighted by molar-refractivity contribution is 0.102. The number of benzene rings is 2. The van der Waals surface area contributed by atoms with Gasteiger partial charge in [-0.2, -0.15) is 5.10 Å². The van der Waals surface area contributed by atoms with E-state index in [1.54, 1.807) is 12.1 Å². The lowest BCUT2D eigenvalue weighted by atomic mass is 10.2. The minimum atomic E-state index is -0.441. The molecule has 0 aliphatic heterocycles. The van der Waals surface area contributed by atoms with Crippen LogP contribution in [0.2, 0.25) is 0 Å². The molecule has 0 spiro atoms. The van der Waals surface area contributed by atoms with Crippen LogP contribution in [0.5, 0.6) is 0 Å². The third-order valence-corrected chi connectivity index (χ3v) is 3.48. The Morgan fingerprint density at radius 1 is 1.13 bits per heavy atom. The molecule has 1 amide bonds. The summed E-state index contributed by atoms with van der Waals surface area (Å²) >= 11 is 0. The number of hydrogen-bond donors (Lipinski definition) is 1. The van der Waals surface area contributed by atoms with E-state index in [4.69, 9.17) is 0 Å². The van der Waals surface area contributed by atoms with Crippen molar-refractivity contribution >= 4 is 11.7 Å². The first-order chi connectivity index (χ1) is 11.1. The van der Waals surface area contributed by atoms with Gasteiger partial charge in [-0.05, 0) is 30.7 Å². The van der Waals surface area contributed by atoms with Gasteiger partial charge < -0.3 is 5.32 Å². The zero-order valence-electron chi connectivity index (χ0n) is 12.7. The van der Waals surface area contributed by atoms with Crippen molar-refractivity contribution in [3.8, 4) is 0 Å². The van der Waals surface area contributed by atoms with Crippen LogP contribution in [0.1, 0.15) is 21.6 Å². The van der Waals surface area contributed by atoms with E-state index in [-0.39, 0.29) is 11.5 Å². The summed E-state index contributed by atoms with van der Waals surface area (Å²) in [7, 11) is 0. The highest BCUT2D eigenvalue weighted by Gasteiger charge is 2.10. The number of aromatic nitrogens is 2. The fourth-order valence-electron chi connectivity index (χ4n) is 2.31. The Morgan fingerprint density at radius 2 is 1.91 bits per heavy atom. The van der Waals surface area contributed by atoms with Gasteiger partial charge in [0.2, 0.25) is 0 Å². The zero-order chi connectivity index (χ0) is 16.2. The quantitative estimate of drug-likeness (QED) is 0.800. The zero-order valence-corrected chi connectivity index (χ0v) is 12.7. The Morgan fingerprint density at radius 3 is 2.65 bits per heavy atom. The van der Waals surface area contributed by atoms with E-state index in [0.29, 0.717) is 12.4 Å². The fourth-order valence-corrected chi connectivity index (χ4v) is 2.31. The number of nitrogens with one attached hydrogen (secondary N) is 1. The number of carbonyl (C=O) groups is 1. The van der Waals surface area contributed by atoms with Crippen molar-refractivity contribution in [1.82, 2.24) is 9.78 Å². The molecule has 116 valence electrons. The van der Waals surface area contributed by atoms with E-state index >= 15 is 0 Å². The lowest BCUT2D eigenvalue weighted by Crippen LogP contribution is -2.13. The summed E-state index contributed by atoms with van der Waals surface area (Å²) in [5.74, 6) is -0.370. The minimum absolute atomic E-state index is 0.264. The van der Waals surface area contributed by atoms with E-state index in [0.717, 1.165) is 11.3 Å². The van der Waals surface area contributed by atoms with E-state index in [9.17, 15) is 9.18 Å². The number of amides is 1. The van der Waals surface area contributed by atoms with Gasteiger partial charge in [0.1, 0.15) is 5.82 Å². The Kier molecular flexibility index (Phi) is 4.19. The maximum Gasteiger partial charge on any atom is 0.256 e. The van der Waals surface area contributed by atoms with Gasteiger partial charge in [-0.1, -0.05) is 36.4 Å². The molecule has 4 nitrogen and oxygen atoms in total. The van der Waals surface area contributed by atoms with Crippen LogP contribution in [0.15, 0.2) is 60.7 Å². The van der Waals surface area contributed by atoms with Gasteiger partial charge in [-0.15, -0.1) is 0 Å². The fraction of sp³-hybridized carbons (Fsp3) is 0.111. The second-order valence-corrected chi connectivity index (χ2v) is 5.28. The van der Waals surface area contributed by atoms with Gasteiger partial charge in [0.05, 0.1) is 6.54 Å². The summed E-state index contributed by atoms with van der Waals surface area (Å²) in [6.07, 6.45) is 0. The number of aryl methyl sites for hydroxylation is 1. The van der Waals surface area contributed by atoms with Gasteiger partial charge in [-0.25, -0.2) is 4.39 Å². The number of carbonyl (C=O) groups excluding carboxylic acids is 1. The van der Waals surface area contributed by atoms with Gasteiger partial charge in [-0.3, -0.25) is 9.48 Å². The predicted octanol–water partition coefficient (Wildman–Crippen LogP) is 3.63. The number of rotatable bonds is 4. The molecule has 3 rings (SSSR count). The monoisotopic (exact) mass is 309 g/mol. The molecule has 5 heteroatoms. The van der Waals surface area contributed by atoms with Crippen molar-refractivity contribution in [1.29, 1.82) is 0 Å². The summed E-state index contributed by atoms with van der Waals surface area (Å²) in [6, 6.07) is 17.3. The molecular weight excluding hydrogens is 293 g/mol. The molecule has 0 fully saturated rings. The Hall–Kier alpha value is -2.95. The molecule has 0 atom stereocenters. The van der Waals surface area contributed by atoms with Gasteiger partial charge in [0, 0.05) is 17.3 Å². The molecule has 23 heavy (non-hydrogen) atoms. The molecule has 1 N–H and O–H groups in total. The topological polar surface area (TPSA) is 46.9 Å². The smallest absolute Gasteiger partial charge is 0.256 e. The third-order valence-electron chi connectivity index (χ3n) is 3.48. The summed E-state index contributed by atoms with van der Waals surface area (Å²) in [5.41, 5.74) is 2.32. The van der Waals surface area contributed by atoms with Crippen LogP contribution in [-0.4, -0.2) is 15.7 Å². The highest BCUT2D eigenvalue weighted by molar-refractivity contribution is 6.03. The first-order valence-electron chi connectivity index (χ1n) is 7.27. The molecule has 0 aliphatic carbocycles. The lowest BCUT2D eigenvalue weighted by Gasteiger charge is -2.04.